The molecule has 2 rings (SSSR count). The Morgan fingerprint density at radius 3 is 2.70 bits per heavy atom. The molecule has 2 fully saturated rings. The molecule has 1 unspecified atom stereocenters. The van der Waals surface area contributed by atoms with Crippen molar-refractivity contribution in [2.45, 2.75) is 44.7 Å². The van der Waals surface area contributed by atoms with Gasteiger partial charge in [0.15, 0.2) is 0 Å². The maximum Gasteiger partial charge on any atom is 0.317 e. The molecule has 6 nitrogen and oxygen atoms in total. The molecule has 0 aromatic rings. The largest absolute Gasteiger partial charge is 0.481 e. The fraction of sp³-hybridized carbons (Fsp3) is 0.857. The minimum atomic E-state index is -0.802. The maximum absolute atomic E-state index is 12.1. The summed E-state index contributed by atoms with van der Waals surface area (Å²) >= 11 is 0. The predicted octanol–water partition coefficient (Wildman–Crippen LogP) is 0.975. The summed E-state index contributed by atoms with van der Waals surface area (Å²) < 4.78 is 0. The zero-order chi connectivity index (χ0) is 14.7. The van der Waals surface area contributed by atoms with E-state index >= 15 is 0 Å². The zero-order valence-electron chi connectivity index (χ0n) is 12.3. The molecule has 1 saturated heterocycles. The number of aliphatic carboxylic acids is 1. The predicted molar refractivity (Wildman–Crippen MR) is 75.6 cm³/mol. The van der Waals surface area contributed by atoms with Crippen molar-refractivity contribution in [3.63, 3.8) is 0 Å². The van der Waals surface area contributed by atoms with Gasteiger partial charge in [0, 0.05) is 31.7 Å². The summed E-state index contributed by atoms with van der Waals surface area (Å²) in [7, 11) is 2.09. The Morgan fingerprint density at radius 2 is 2.10 bits per heavy atom. The minimum Gasteiger partial charge on any atom is -0.481 e. The molecular weight excluding hydrogens is 258 g/mol. The molecular formula is C14H25N3O3. The molecule has 2 N–H and O–H groups in total. The first-order chi connectivity index (χ1) is 9.49. The van der Waals surface area contributed by atoms with Crippen molar-refractivity contribution in [2.24, 2.45) is 5.92 Å². The highest BCUT2D eigenvalue weighted by molar-refractivity contribution is 5.76. The number of nitrogens with zero attached hydrogens (tertiary/aromatic N) is 2. The number of likely N-dealkylation sites (tertiary alicyclic amines) is 1. The van der Waals surface area contributed by atoms with Gasteiger partial charge in [0.2, 0.25) is 0 Å². The number of nitrogens with one attached hydrogen (secondary N) is 1. The highest BCUT2D eigenvalue weighted by Crippen LogP contribution is 2.26. The summed E-state index contributed by atoms with van der Waals surface area (Å²) in [5.41, 5.74) is 0. The van der Waals surface area contributed by atoms with Crippen LogP contribution in [0.3, 0.4) is 0 Å². The molecule has 0 spiro atoms. The van der Waals surface area contributed by atoms with Crippen LogP contribution in [-0.2, 0) is 4.79 Å². The van der Waals surface area contributed by atoms with Crippen LogP contribution in [0.1, 0.15) is 32.6 Å². The van der Waals surface area contributed by atoms with Crippen molar-refractivity contribution in [2.75, 3.05) is 26.7 Å². The van der Waals surface area contributed by atoms with Crippen LogP contribution < -0.4 is 5.32 Å². The lowest BCUT2D eigenvalue weighted by Gasteiger charge is -2.32. The van der Waals surface area contributed by atoms with Crippen molar-refractivity contribution in [1.29, 1.82) is 0 Å². The van der Waals surface area contributed by atoms with Gasteiger partial charge < -0.3 is 15.3 Å². The quantitative estimate of drug-likeness (QED) is 0.789. The number of carboxylic acid groups (broad SMARTS) is 1. The molecule has 2 amide bonds. The fourth-order valence-corrected chi connectivity index (χ4v) is 2.70. The molecule has 0 aromatic heterocycles. The third-order valence-corrected chi connectivity index (χ3v) is 4.42. The third-order valence-electron chi connectivity index (χ3n) is 4.42. The number of urea groups is 1. The van der Waals surface area contributed by atoms with E-state index in [-0.39, 0.29) is 6.03 Å². The van der Waals surface area contributed by atoms with E-state index in [1.54, 1.807) is 4.90 Å². The average molecular weight is 283 g/mol. The number of carbonyl (C=O) groups excluding carboxylic acids is 1. The number of piperidine rings is 1. The van der Waals surface area contributed by atoms with Crippen LogP contribution in [0.5, 0.6) is 0 Å². The second kappa shape index (κ2) is 6.43. The van der Waals surface area contributed by atoms with E-state index in [0.29, 0.717) is 38.1 Å². The second-order valence-electron chi connectivity index (χ2n) is 6.06. The summed E-state index contributed by atoms with van der Waals surface area (Å²) in [4.78, 5) is 27.0. The van der Waals surface area contributed by atoms with Crippen LogP contribution in [0.4, 0.5) is 4.79 Å². The monoisotopic (exact) mass is 283 g/mol. The molecule has 2 atom stereocenters. The summed E-state index contributed by atoms with van der Waals surface area (Å²) in [5, 5.41) is 12.0. The third kappa shape index (κ3) is 3.85. The van der Waals surface area contributed by atoms with Crippen molar-refractivity contribution in [1.82, 2.24) is 15.1 Å². The van der Waals surface area contributed by atoms with E-state index in [9.17, 15) is 9.59 Å². The maximum atomic E-state index is 12.1. The minimum absolute atomic E-state index is 0.132. The van der Waals surface area contributed by atoms with Gasteiger partial charge >= 0.3 is 12.0 Å². The van der Waals surface area contributed by atoms with Gasteiger partial charge in [-0.25, -0.2) is 4.79 Å². The van der Waals surface area contributed by atoms with Gasteiger partial charge in [-0.2, -0.15) is 0 Å². The fourth-order valence-electron chi connectivity index (χ4n) is 2.70. The van der Waals surface area contributed by atoms with Gasteiger partial charge in [0.1, 0.15) is 0 Å². The Labute approximate surface area is 120 Å². The Hall–Kier alpha value is -1.30. The Balaban J connectivity index is 1.74. The zero-order valence-corrected chi connectivity index (χ0v) is 12.3. The molecule has 6 heteroatoms. The van der Waals surface area contributed by atoms with E-state index in [1.165, 1.54) is 12.8 Å². The van der Waals surface area contributed by atoms with E-state index in [1.807, 2.05) is 0 Å². The van der Waals surface area contributed by atoms with Crippen LogP contribution in [0, 0.1) is 5.92 Å². The lowest BCUT2D eigenvalue weighted by molar-refractivity contribution is -0.143. The molecule has 1 aliphatic heterocycles. The summed E-state index contributed by atoms with van der Waals surface area (Å²) in [6, 6.07) is 0.854. The first-order valence-corrected chi connectivity index (χ1v) is 7.46. The van der Waals surface area contributed by atoms with Crippen LogP contribution in [0.2, 0.25) is 0 Å². The van der Waals surface area contributed by atoms with Crippen molar-refractivity contribution in [3.8, 4) is 0 Å². The van der Waals surface area contributed by atoms with E-state index in [0.717, 1.165) is 6.42 Å². The van der Waals surface area contributed by atoms with Gasteiger partial charge in [-0.3, -0.25) is 9.69 Å². The number of carbonyl (C=O) groups is 2. The lowest BCUT2D eigenvalue weighted by Crippen LogP contribution is -2.50. The molecule has 2 aliphatic rings. The van der Waals surface area contributed by atoms with Crippen LogP contribution in [0.25, 0.3) is 0 Å². The van der Waals surface area contributed by atoms with E-state index in [4.69, 9.17) is 5.11 Å². The highest BCUT2D eigenvalue weighted by Gasteiger charge is 2.30. The molecule has 1 aliphatic carbocycles. The molecule has 0 aromatic carbocycles. The van der Waals surface area contributed by atoms with Gasteiger partial charge in [-0.05, 0) is 39.7 Å². The number of hydrogen-bond donors (Lipinski definition) is 2. The first-order valence-electron chi connectivity index (χ1n) is 7.46. The summed E-state index contributed by atoms with van der Waals surface area (Å²) in [5.74, 6) is -1.22. The summed E-state index contributed by atoms with van der Waals surface area (Å²) in [6.45, 7) is 3.70. The second-order valence-corrected chi connectivity index (χ2v) is 6.06. The number of likely N-dealkylation sites (N-methyl/N-ethyl adjacent to an activating group) is 1. The van der Waals surface area contributed by atoms with Gasteiger partial charge in [0.05, 0.1) is 5.92 Å². The number of hydrogen-bond acceptors (Lipinski definition) is 3. The van der Waals surface area contributed by atoms with Gasteiger partial charge in [0.25, 0.3) is 0 Å². The SMILES string of the molecule is CC(CNC(=O)N1CCC[C@@H](C(=O)O)C1)N(C)C1CC1. The Kier molecular flexibility index (Phi) is 4.86. The first kappa shape index (κ1) is 15.1. The van der Waals surface area contributed by atoms with E-state index in [2.05, 4.69) is 24.2 Å². The van der Waals surface area contributed by atoms with Crippen molar-refractivity contribution < 1.29 is 14.7 Å². The Morgan fingerprint density at radius 1 is 1.40 bits per heavy atom. The number of carboxylic acids is 1. The van der Waals surface area contributed by atoms with Gasteiger partial charge in [-0.15, -0.1) is 0 Å². The number of amides is 2. The van der Waals surface area contributed by atoms with Crippen LogP contribution >= 0.6 is 0 Å². The van der Waals surface area contributed by atoms with E-state index < -0.39 is 11.9 Å². The normalized spacial score (nSPS) is 24.6. The standard InChI is InChI=1S/C14H25N3O3/c1-10(16(2)12-5-6-12)8-15-14(20)17-7-3-4-11(9-17)13(18)19/h10-12H,3-9H2,1-2H3,(H,15,20)(H,18,19)/t10?,11-/m1/s1. The molecule has 20 heavy (non-hydrogen) atoms. The molecule has 0 bridgehead atoms. The molecule has 1 heterocycles. The molecule has 1 saturated carbocycles. The topological polar surface area (TPSA) is 72.9 Å². The number of rotatable bonds is 5. The molecule has 0 radical (unpaired) electrons. The van der Waals surface area contributed by atoms with Gasteiger partial charge in [-0.1, -0.05) is 0 Å². The van der Waals surface area contributed by atoms with Crippen molar-refractivity contribution in [3.05, 3.63) is 0 Å². The smallest absolute Gasteiger partial charge is 0.317 e. The van der Waals surface area contributed by atoms with Crippen LogP contribution in [0.15, 0.2) is 0 Å². The lowest BCUT2D eigenvalue weighted by atomic mass is 9.99. The Bertz CT molecular complexity index is 371. The average Bonchev–Trinajstić information content (AvgIpc) is 3.28. The van der Waals surface area contributed by atoms with Crippen molar-refractivity contribution >= 4 is 12.0 Å². The van der Waals surface area contributed by atoms with Crippen LogP contribution in [-0.4, -0.2) is 65.7 Å². The highest BCUT2D eigenvalue weighted by atomic mass is 16.4. The molecule has 114 valence electrons. The summed E-state index contributed by atoms with van der Waals surface area (Å²) in [6.07, 6.45) is 3.93.